The van der Waals surface area contributed by atoms with E-state index in [4.69, 9.17) is 30.4 Å². The van der Waals surface area contributed by atoms with E-state index in [1.165, 1.54) is 0 Å². The number of hydrogen-bond acceptors (Lipinski definition) is 7. The zero-order chi connectivity index (χ0) is 20.1. The molecule has 2 fully saturated rings. The lowest BCUT2D eigenvalue weighted by atomic mass is 9.78. The number of halogens is 1. The van der Waals surface area contributed by atoms with Gasteiger partial charge in [0.2, 0.25) is 5.28 Å². The number of methoxy groups -OCH3 is 1. The van der Waals surface area contributed by atoms with Crippen LogP contribution in [-0.2, 0) is 14.0 Å². The lowest BCUT2D eigenvalue weighted by Gasteiger charge is -2.32. The summed E-state index contributed by atoms with van der Waals surface area (Å²) in [6.45, 7) is 10.9. The van der Waals surface area contributed by atoms with Crippen LogP contribution in [0.2, 0.25) is 5.28 Å². The first kappa shape index (κ1) is 19.7. The third kappa shape index (κ3) is 3.32. The lowest BCUT2D eigenvalue weighted by Crippen LogP contribution is -2.41. The molecule has 0 amide bonds. The molecule has 2 aromatic rings. The second-order valence-corrected chi connectivity index (χ2v) is 8.46. The maximum absolute atomic E-state index is 6.23. The van der Waals surface area contributed by atoms with Crippen molar-refractivity contribution in [3.8, 4) is 5.75 Å². The maximum Gasteiger partial charge on any atom is 0.494 e. The molecule has 9 heteroatoms. The number of fused-ring (bicyclic) bond motifs is 1. The van der Waals surface area contributed by atoms with Crippen molar-refractivity contribution in [1.82, 2.24) is 9.97 Å². The van der Waals surface area contributed by atoms with Gasteiger partial charge < -0.3 is 23.7 Å². The Morgan fingerprint density at radius 1 is 1.07 bits per heavy atom. The summed E-state index contributed by atoms with van der Waals surface area (Å²) in [5, 5.41) is 1.05. The van der Waals surface area contributed by atoms with Crippen LogP contribution in [0.15, 0.2) is 12.1 Å². The Morgan fingerprint density at radius 2 is 1.71 bits per heavy atom. The Labute approximate surface area is 170 Å². The van der Waals surface area contributed by atoms with Gasteiger partial charge in [-0.3, -0.25) is 0 Å². The van der Waals surface area contributed by atoms with Gasteiger partial charge >= 0.3 is 7.12 Å². The van der Waals surface area contributed by atoms with Crippen molar-refractivity contribution < 1.29 is 18.8 Å². The summed E-state index contributed by atoms with van der Waals surface area (Å²) in [4.78, 5) is 11.1. The van der Waals surface area contributed by atoms with E-state index in [1.54, 1.807) is 7.11 Å². The first-order chi connectivity index (χ1) is 13.2. The second kappa shape index (κ2) is 7.02. The molecule has 0 saturated carbocycles. The minimum absolute atomic E-state index is 0.190. The largest absolute Gasteiger partial charge is 0.494 e. The molecule has 1 aromatic heterocycles. The van der Waals surface area contributed by atoms with Crippen LogP contribution in [-0.4, -0.2) is 61.7 Å². The highest BCUT2D eigenvalue weighted by Gasteiger charge is 2.52. The molecule has 0 aliphatic carbocycles. The summed E-state index contributed by atoms with van der Waals surface area (Å²) in [6, 6.07) is 3.91. The Kier molecular flexibility index (Phi) is 4.94. The highest BCUT2D eigenvalue weighted by molar-refractivity contribution is 6.62. The fourth-order valence-electron chi connectivity index (χ4n) is 3.47. The molecule has 0 unspecified atom stereocenters. The van der Waals surface area contributed by atoms with Crippen LogP contribution in [0.4, 0.5) is 5.82 Å². The summed E-state index contributed by atoms with van der Waals surface area (Å²) in [6.07, 6.45) is 0. The molecular formula is C19H25BClN3O4. The minimum atomic E-state index is -0.503. The van der Waals surface area contributed by atoms with Gasteiger partial charge in [0.25, 0.3) is 0 Å². The van der Waals surface area contributed by atoms with E-state index in [9.17, 15) is 0 Å². The molecule has 28 heavy (non-hydrogen) atoms. The highest BCUT2D eigenvalue weighted by atomic mass is 35.5. The number of anilines is 1. The fourth-order valence-corrected chi connectivity index (χ4v) is 3.63. The Bertz CT molecular complexity index is 886. The predicted molar refractivity (Wildman–Crippen MR) is 110 cm³/mol. The van der Waals surface area contributed by atoms with E-state index in [0.29, 0.717) is 24.5 Å². The van der Waals surface area contributed by atoms with E-state index < -0.39 is 18.3 Å². The van der Waals surface area contributed by atoms with Gasteiger partial charge in [0, 0.05) is 18.5 Å². The van der Waals surface area contributed by atoms with Crippen LogP contribution in [0, 0.1) is 0 Å². The summed E-state index contributed by atoms with van der Waals surface area (Å²) in [7, 11) is 1.12. The number of aromatic nitrogens is 2. The molecule has 0 spiro atoms. The van der Waals surface area contributed by atoms with Gasteiger partial charge in [-0.25, -0.2) is 4.98 Å². The topological polar surface area (TPSA) is 65.9 Å². The van der Waals surface area contributed by atoms with Crippen molar-refractivity contribution in [2.75, 3.05) is 38.3 Å². The monoisotopic (exact) mass is 405 g/mol. The minimum Gasteiger partial charge on any atom is -0.494 e. The van der Waals surface area contributed by atoms with Crippen molar-refractivity contribution in [3.63, 3.8) is 0 Å². The number of morpholine rings is 1. The van der Waals surface area contributed by atoms with Crippen molar-refractivity contribution in [2.45, 2.75) is 38.9 Å². The second-order valence-electron chi connectivity index (χ2n) is 8.12. The molecule has 4 rings (SSSR count). The molecule has 1 aromatic carbocycles. The summed E-state index contributed by atoms with van der Waals surface area (Å²) < 4.78 is 23.6. The highest BCUT2D eigenvalue weighted by Crippen LogP contribution is 2.38. The van der Waals surface area contributed by atoms with Crippen molar-refractivity contribution in [3.05, 3.63) is 17.4 Å². The third-order valence-corrected chi connectivity index (χ3v) is 5.97. The smallest absolute Gasteiger partial charge is 0.494 e. The molecule has 3 heterocycles. The number of benzene rings is 1. The number of rotatable bonds is 3. The van der Waals surface area contributed by atoms with Gasteiger partial charge in [0.15, 0.2) is 0 Å². The number of ether oxygens (including phenoxy) is 2. The van der Waals surface area contributed by atoms with Gasteiger partial charge in [0.05, 0.1) is 31.5 Å². The number of hydrogen-bond donors (Lipinski definition) is 0. The van der Waals surface area contributed by atoms with Crippen molar-refractivity contribution in [2.24, 2.45) is 0 Å². The molecule has 150 valence electrons. The van der Waals surface area contributed by atoms with Gasteiger partial charge in [-0.15, -0.1) is 0 Å². The molecule has 0 bridgehead atoms. The van der Waals surface area contributed by atoms with E-state index >= 15 is 0 Å². The average Bonchev–Trinajstić information content (AvgIpc) is 2.88. The van der Waals surface area contributed by atoms with Gasteiger partial charge in [0.1, 0.15) is 17.1 Å². The van der Waals surface area contributed by atoms with Gasteiger partial charge in [-0.2, -0.15) is 4.98 Å². The molecule has 0 atom stereocenters. The zero-order valence-electron chi connectivity index (χ0n) is 16.9. The molecule has 7 nitrogen and oxygen atoms in total. The normalized spacial score (nSPS) is 21.4. The zero-order valence-corrected chi connectivity index (χ0v) is 17.7. The first-order valence-corrected chi connectivity index (χ1v) is 9.83. The Hall–Kier alpha value is -1.61. The predicted octanol–water partition coefficient (Wildman–Crippen LogP) is 2.43. The van der Waals surface area contributed by atoms with Gasteiger partial charge in [-0.05, 0) is 56.9 Å². The van der Waals surface area contributed by atoms with Gasteiger partial charge in [-0.1, -0.05) is 0 Å². The van der Waals surface area contributed by atoms with E-state index in [-0.39, 0.29) is 5.28 Å². The van der Waals surface area contributed by atoms with Crippen molar-refractivity contribution in [1.29, 1.82) is 0 Å². The third-order valence-electron chi connectivity index (χ3n) is 5.80. The summed E-state index contributed by atoms with van der Waals surface area (Å²) in [5.41, 5.74) is 0.681. The van der Waals surface area contributed by atoms with E-state index in [0.717, 1.165) is 29.8 Å². The van der Waals surface area contributed by atoms with Crippen LogP contribution in [0.1, 0.15) is 27.7 Å². The average molecular weight is 406 g/mol. The lowest BCUT2D eigenvalue weighted by molar-refractivity contribution is 0.00578. The Balaban J connectivity index is 1.85. The molecule has 2 aliphatic rings. The van der Waals surface area contributed by atoms with Crippen LogP contribution >= 0.6 is 11.6 Å². The summed E-state index contributed by atoms with van der Waals surface area (Å²) >= 11 is 6.23. The molecule has 0 N–H and O–H groups in total. The first-order valence-electron chi connectivity index (χ1n) is 9.45. The SMILES string of the molecule is COc1cc(B2OC(C)(C)C(C)(C)O2)cc2c(N3CCOCC3)nc(Cl)nc12. The maximum atomic E-state index is 6.23. The van der Waals surface area contributed by atoms with Crippen molar-refractivity contribution >= 4 is 40.9 Å². The fraction of sp³-hybridized carbons (Fsp3) is 0.579. The van der Waals surface area contributed by atoms with Crippen LogP contribution in [0.5, 0.6) is 5.75 Å². The number of nitrogens with zero attached hydrogens (tertiary/aromatic N) is 3. The standard InChI is InChI=1S/C19H25BClN3O4/c1-18(2)19(3,4)28-20(27-18)12-10-13-15(14(11-12)25-5)22-17(21)23-16(13)24-6-8-26-9-7-24/h10-11H,6-9H2,1-5H3. The van der Waals surface area contributed by atoms with Crippen LogP contribution in [0.25, 0.3) is 10.9 Å². The quantitative estimate of drug-likeness (QED) is 0.574. The molecule has 0 radical (unpaired) electrons. The van der Waals surface area contributed by atoms with Crippen LogP contribution in [0.3, 0.4) is 0 Å². The molecule has 2 aliphatic heterocycles. The molecular weight excluding hydrogens is 380 g/mol. The summed E-state index contributed by atoms with van der Waals surface area (Å²) in [5.74, 6) is 1.39. The van der Waals surface area contributed by atoms with E-state index in [2.05, 4.69) is 14.9 Å². The van der Waals surface area contributed by atoms with E-state index in [1.807, 2.05) is 39.8 Å². The van der Waals surface area contributed by atoms with Crippen LogP contribution < -0.4 is 15.1 Å². The molecule has 2 saturated heterocycles. The Morgan fingerprint density at radius 3 is 2.32 bits per heavy atom.